The number of nitrogens with one attached hydrogen (secondary N) is 1. The topological polar surface area (TPSA) is 744 Å². The molecule has 51 atom stereocenters. The molecule has 4 saturated carbocycles. The van der Waals surface area contributed by atoms with Gasteiger partial charge in [0.15, 0.2) is 56.2 Å². The average Bonchev–Trinajstić information content (AvgIpc) is 0.701. The molecule has 13 rings (SSSR count). The fourth-order valence-electron chi connectivity index (χ4n) is 24.9. The number of carbonyl (C=O) groups is 3. The zero-order valence-electron chi connectivity index (χ0n) is 84.9. The second kappa shape index (κ2) is 47.2. The molecule has 48 heteroatoms. The first-order valence-corrected chi connectivity index (χ1v) is 50.4. The summed E-state index contributed by atoms with van der Waals surface area (Å²) in [5, 5.41) is 284. The van der Waals surface area contributed by atoms with E-state index in [0.29, 0.717) is 24.8 Å². The Kier molecular flexibility index (Phi) is 38.2. The Morgan fingerprint density at radius 1 is 0.503 bits per heavy atom. The Labute approximate surface area is 850 Å². The van der Waals surface area contributed by atoms with Crippen LogP contribution in [-0.4, -0.2) is 461 Å². The van der Waals surface area contributed by atoms with Gasteiger partial charge in [0.1, 0.15) is 176 Å². The van der Waals surface area contributed by atoms with Crippen LogP contribution in [0.2, 0.25) is 0 Å². The highest BCUT2D eigenvalue weighted by atomic mass is 17.1. The van der Waals surface area contributed by atoms with E-state index in [9.17, 15) is 133 Å². The third kappa shape index (κ3) is 23.3. The van der Waals surface area contributed by atoms with E-state index in [4.69, 9.17) is 90.2 Å². The highest BCUT2D eigenvalue weighted by Gasteiger charge is 2.76. The Balaban J connectivity index is 0.802. The van der Waals surface area contributed by atoms with Crippen LogP contribution in [0, 0.1) is 50.2 Å². The maximum atomic E-state index is 17.0. The van der Waals surface area contributed by atoms with Crippen LogP contribution in [0.3, 0.4) is 0 Å². The molecule has 0 aromatic rings. The lowest BCUT2D eigenvalue weighted by molar-refractivity contribution is -0.390. The molecule has 0 radical (unpaired) electrons. The van der Waals surface area contributed by atoms with Crippen molar-refractivity contribution >= 4 is 17.8 Å². The third-order valence-electron chi connectivity index (χ3n) is 34.1. The van der Waals surface area contributed by atoms with Crippen molar-refractivity contribution in [3.63, 3.8) is 0 Å². The molecule has 0 aromatic heterocycles. The van der Waals surface area contributed by atoms with Crippen LogP contribution in [0.25, 0.3) is 0 Å². The van der Waals surface area contributed by atoms with E-state index in [1.54, 1.807) is 46.8 Å². The van der Waals surface area contributed by atoms with Gasteiger partial charge in [-0.25, -0.2) is 9.68 Å². The van der Waals surface area contributed by atoms with E-state index in [1.807, 2.05) is 27.7 Å². The van der Waals surface area contributed by atoms with Gasteiger partial charge in [-0.3, -0.25) is 14.8 Å². The minimum atomic E-state index is -2.39. The number of hydrogen-bond donors (Lipinski definition) is 26. The van der Waals surface area contributed by atoms with E-state index in [-0.39, 0.29) is 67.8 Å². The Morgan fingerprint density at radius 3 is 1.63 bits per heavy atom. The van der Waals surface area contributed by atoms with E-state index < -0.39 is 384 Å². The van der Waals surface area contributed by atoms with Crippen molar-refractivity contribution in [1.82, 2.24) is 5.32 Å². The molecule has 17 unspecified atom stereocenters. The molecule has 26 N–H and O–H groups in total. The second-order valence-electron chi connectivity index (χ2n) is 44.5. The van der Waals surface area contributed by atoms with Gasteiger partial charge in [0.25, 0.3) is 0 Å². The van der Waals surface area contributed by atoms with Crippen LogP contribution >= 0.6 is 0 Å². The number of rotatable bonds is 37. The molecule has 8 heterocycles. The highest BCUT2D eigenvalue weighted by Crippen LogP contribution is 2.77. The van der Waals surface area contributed by atoms with Crippen molar-refractivity contribution < 1.29 is 232 Å². The van der Waals surface area contributed by atoms with E-state index in [0.717, 1.165) is 0 Å². The number of aliphatic hydroxyl groups excluding tert-OH is 23. The zero-order chi connectivity index (χ0) is 108. The van der Waals surface area contributed by atoms with Crippen molar-refractivity contribution in [2.75, 3.05) is 46.2 Å². The predicted molar refractivity (Wildman–Crippen MR) is 497 cm³/mol. The molecule has 147 heavy (non-hydrogen) atoms. The number of fused-ring (bicyclic) bond motifs is 7. The molecule has 1 amide bonds. The number of esters is 2. The van der Waals surface area contributed by atoms with Gasteiger partial charge in [-0.2, -0.15) is 0 Å². The lowest BCUT2D eigenvalue weighted by Crippen LogP contribution is -2.71. The lowest BCUT2D eigenvalue weighted by Gasteiger charge is -2.72. The molecular weight excluding hydrogens is 1960 g/mol. The van der Waals surface area contributed by atoms with Crippen LogP contribution in [0.4, 0.5) is 0 Å². The van der Waals surface area contributed by atoms with Crippen molar-refractivity contribution in [3.8, 4) is 0 Å². The molecule has 0 aromatic carbocycles. The number of hydrogen-bond acceptors (Lipinski definition) is 47. The smallest absolute Gasteiger partial charge is 0.336 e. The number of ether oxygens (including phenoxy) is 18. The van der Waals surface area contributed by atoms with Crippen molar-refractivity contribution in [1.29, 1.82) is 0 Å². The molecule has 13 aliphatic rings. The van der Waals surface area contributed by atoms with Gasteiger partial charge in [0.05, 0.1) is 93.5 Å². The van der Waals surface area contributed by atoms with E-state index in [1.165, 1.54) is 39.0 Å². The van der Waals surface area contributed by atoms with Crippen LogP contribution in [0.1, 0.15) is 161 Å². The summed E-state index contributed by atoms with van der Waals surface area (Å²) in [6.07, 6.45) is -63.5. The van der Waals surface area contributed by atoms with Gasteiger partial charge in [0.2, 0.25) is 12.2 Å². The zero-order valence-corrected chi connectivity index (χ0v) is 84.9. The molecule has 5 aliphatic carbocycles. The molecule has 8 saturated heterocycles. The Morgan fingerprint density at radius 2 is 1.02 bits per heavy atom. The molecular formula is C99H157NO47. The monoisotopic (exact) mass is 2110 g/mol. The van der Waals surface area contributed by atoms with Crippen LogP contribution < -0.4 is 5.32 Å². The van der Waals surface area contributed by atoms with Crippen molar-refractivity contribution in [3.05, 3.63) is 72.6 Å². The van der Waals surface area contributed by atoms with Gasteiger partial charge in [-0.15, -0.1) is 13.2 Å². The highest BCUT2D eigenvalue weighted by molar-refractivity contribution is 5.89. The van der Waals surface area contributed by atoms with Crippen LogP contribution in [0.15, 0.2) is 72.6 Å². The minimum Gasteiger partial charge on any atom is -0.485 e. The Hall–Kier alpha value is -4.99. The molecule has 12 fully saturated rings. The van der Waals surface area contributed by atoms with Gasteiger partial charge >= 0.3 is 11.9 Å². The SMILES string of the molecule is C=CC(C)(O)CC/C=C(\CO)C(=C)O[C@@H]1C(C)O[C@@H](O[C@](C)(C=C)CC/C=C(\CO)C(=O)O[C@H]2C[C@@]3(C(=O)O[C@@H]4OC(CO)[C@@H](O)[C@H](O)C4O[C@@H]4OC(C)[C@H](O[C@@H]5O[C@@H](CO)[C@@H](O)[C@@H]5O)C(O[C@@H]5OC(CO)[C@@H](O)[C@H](O)C5O)[C@@H]4O)C(CC2(C)C)C2=C[C@@H](OO)C4[C@@]5(C)CC[C@H](O[C@@H]6OC(CO[C@@H]7OC(C)[C@H](O)[C@H](O)C7O[C@@H]7OC[C@@H](O)[C@H](O)C7O)[C@@H](O)[C@H](O)C6NC(C)=O)C(C)(C)C5CC[C@@]4(C)[C@]2(C)C[C@H]3O)C(O)[C@H]1O. The maximum Gasteiger partial charge on any atom is 0.336 e. The first-order chi connectivity index (χ1) is 68.9. The molecule has 840 valence electrons. The first-order valence-electron chi connectivity index (χ1n) is 50.4. The van der Waals surface area contributed by atoms with E-state index >= 15 is 9.59 Å². The average molecular weight is 2110 g/mol. The van der Waals surface area contributed by atoms with Crippen molar-refractivity contribution in [2.24, 2.45) is 50.2 Å². The van der Waals surface area contributed by atoms with Gasteiger partial charge in [-0.05, 0) is 132 Å². The summed E-state index contributed by atoms with van der Waals surface area (Å²) in [7, 11) is 0. The standard InChI is InChI=1S/C99H157NO47/c1-17-94(12,127)25-19-21-45(33-101)40(3)131-76-42(5)134-88(74(123)70(76)119)146-95(13,18-2)26-20-22-46(34-102)82(125)139-58-32-99(91(126)145-90-80(69(118)63(112)52(36-104)137-90)144-87-75(124)78(142-86-73(122)67(116)62(111)51(35-103)135-86)77(43(6)133-87)141-85-72(121)64(113)53(37-105)136-85)48(30-92(58,8)9)47-29-50(147-128)81-96(14)27-24-57(93(10,11)55(96)23-28-97(81,15)98(47,16)31-56(99)108)140-83-59(100-44(7)106)66(115)65(114)54(138-83)39-130-89-79(68(117)60(109)41(4)132-89)143-84-71(120)61(110)49(107)38-129-84/h17-18,21-22,29,41-43,48-81,83-90,101-105,107-124,127-128H,1-3,19-20,23-28,30-39H2,4-16H3,(H,100,106)/b45-21+,46-22+/t41?,42?,43?,48?,49-,50-,51?,52?,53+,54?,55?,56-,57+,58+,59?,60+,61+,62-,63-,64-,65-,66-,67+,68+,69+,70-,71?,72+,73?,74?,75+,76-,77+,78?,79?,80?,81?,83+,84+,85+,86+,87+,88+,89-,90+,94?,95-,96+,97-,98-,99-/m1/s1. The summed E-state index contributed by atoms with van der Waals surface area (Å²) in [6, 6.07) is -1.44. The first kappa shape index (κ1) is 119. The molecule has 0 bridgehead atoms. The quantitative estimate of drug-likeness (QED) is 0.00403. The Bertz CT molecular complexity index is 4550. The van der Waals surface area contributed by atoms with Gasteiger partial charge < -0.3 is 213 Å². The summed E-state index contributed by atoms with van der Waals surface area (Å²) in [5.41, 5.74) is -10.1. The maximum absolute atomic E-state index is 17.0. The lowest BCUT2D eigenvalue weighted by atomic mass is 9.32. The molecule has 48 nitrogen and oxygen atoms in total. The predicted octanol–water partition coefficient (Wildman–Crippen LogP) is -5.46. The van der Waals surface area contributed by atoms with Crippen LogP contribution in [0.5, 0.6) is 0 Å². The second-order valence-corrected chi connectivity index (χ2v) is 44.5. The van der Waals surface area contributed by atoms with Crippen molar-refractivity contribution in [2.45, 2.75) is 430 Å². The minimum absolute atomic E-state index is 0.0417. The van der Waals surface area contributed by atoms with Crippen LogP contribution in [-0.2, 0) is 105 Å². The summed E-state index contributed by atoms with van der Waals surface area (Å²) < 4.78 is 111. The third-order valence-corrected chi connectivity index (χ3v) is 34.1. The normalized spacial score (nSPS) is 47.7. The summed E-state index contributed by atoms with van der Waals surface area (Å²) in [6.45, 7) is 28.0. The number of allylic oxidation sites excluding steroid dienone is 3. The number of carbonyl (C=O) groups excluding carboxylic acids is 3. The summed E-state index contributed by atoms with van der Waals surface area (Å²) in [4.78, 5) is 51.1. The largest absolute Gasteiger partial charge is 0.485 e. The fourth-order valence-corrected chi connectivity index (χ4v) is 24.9. The molecule has 8 aliphatic heterocycles. The van der Waals surface area contributed by atoms with Gasteiger partial charge in [-0.1, -0.05) is 91.0 Å². The number of aliphatic hydroxyl groups is 24. The number of amides is 1. The fraction of sp³-hybridized carbons (Fsp3) is 0.848. The summed E-state index contributed by atoms with van der Waals surface area (Å²) >= 11 is 0. The molecule has 0 spiro atoms. The summed E-state index contributed by atoms with van der Waals surface area (Å²) in [5.74, 6) is -5.53. The van der Waals surface area contributed by atoms with Gasteiger partial charge in [0, 0.05) is 30.3 Å². The van der Waals surface area contributed by atoms with E-state index in [2.05, 4.69) is 32.0 Å².